The second kappa shape index (κ2) is 9.55. The van der Waals surface area contributed by atoms with Crippen molar-refractivity contribution in [3.63, 3.8) is 0 Å². The number of amides is 1. The Labute approximate surface area is 163 Å². The van der Waals surface area contributed by atoms with Crippen molar-refractivity contribution in [2.75, 3.05) is 5.32 Å². The summed E-state index contributed by atoms with van der Waals surface area (Å²) in [6, 6.07) is 17.5. The second-order valence-corrected chi connectivity index (χ2v) is 6.47. The number of halogens is 1. The number of benzene rings is 2. The number of rotatable bonds is 8. The van der Waals surface area contributed by atoms with Gasteiger partial charge in [-0.1, -0.05) is 36.4 Å². The van der Waals surface area contributed by atoms with Crippen molar-refractivity contribution >= 4 is 17.4 Å². The lowest BCUT2D eigenvalue weighted by molar-refractivity contribution is 0.0976. The highest BCUT2D eigenvalue weighted by Gasteiger charge is 2.18. The van der Waals surface area contributed by atoms with Gasteiger partial charge in [-0.3, -0.25) is 14.6 Å². The quantitative estimate of drug-likeness (QED) is 0.441. The molecular formula is C23H21FN2O2. The highest BCUT2D eigenvalue weighted by atomic mass is 19.1. The first-order valence-electron chi connectivity index (χ1n) is 9.22. The molecule has 1 aromatic heterocycles. The third kappa shape index (κ3) is 5.10. The molecule has 0 aliphatic heterocycles. The number of anilines is 1. The molecule has 0 saturated heterocycles. The summed E-state index contributed by atoms with van der Waals surface area (Å²) >= 11 is 0. The average Bonchev–Trinajstić information content (AvgIpc) is 2.72. The molecule has 0 saturated carbocycles. The van der Waals surface area contributed by atoms with Crippen LogP contribution >= 0.6 is 0 Å². The Hall–Kier alpha value is -3.34. The summed E-state index contributed by atoms with van der Waals surface area (Å²) in [5.74, 6) is -1.37. The largest absolute Gasteiger partial charge is 0.321 e. The number of pyridine rings is 1. The molecule has 1 heterocycles. The van der Waals surface area contributed by atoms with Crippen LogP contribution < -0.4 is 5.32 Å². The van der Waals surface area contributed by atoms with Gasteiger partial charge in [-0.25, -0.2) is 4.39 Å². The molecule has 4 nitrogen and oxygen atoms in total. The lowest BCUT2D eigenvalue weighted by Gasteiger charge is -2.11. The van der Waals surface area contributed by atoms with Gasteiger partial charge in [0.05, 0.1) is 16.8 Å². The van der Waals surface area contributed by atoms with E-state index in [0.717, 1.165) is 12.8 Å². The van der Waals surface area contributed by atoms with Gasteiger partial charge in [-0.05, 0) is 49.1 Å². The predicted octanol–water partition coefficient (Wildman–Crippen LogP) is 5.07. The van der Waals surface area contributed by atoms with Crippen LogP contribution in [0, 0.1) is 5.82 Å². The highest BCUT2D eigenvalue weighted by molar-refractivity contribution is 6.09. The molecule has 3 rings (SSSR count). The molecule has 0 fully saturated rings. The number of aryl methyl sites for hydroxylation is 1. The normalized spacial score (nSPS) is 10.5. The van der Waals surface area contributed by atoms with E-state index in [1.54, 1.807) is 18.3 Å². The average molecular weight is 376 g/mol. The van der Waals surface area contributed by atoms with Gasteiger partial charge >= 0.3 is 0 Å². The maximum atomic E-state index is 14.3. The van der Waals surface area contributed by atoms with Gasteiger partial charge in [-0.15, -0.1) is 0 Å². The van der Waals surface area contributed by atoms with Gasteiger partial charge in [0.25, 0.3) is 5.91 Å². The molecule has 2 aromatic carbocycles. The van der Waals surface area contributed by atoms with Crippen LogP contribution in [0.1, 0.15) is 45.5 Å². The van der Waals surface area contributed by atoms with Gasteiger partial charge in [0.15, 0.2) is 5.78 Å². The van der Waals surface area contributed by atoms with Gasteiger partial charge < -0.3 is 5.32 Å². The van der Waals surface area contributed by atoms with Crippen molar-refractivity contribution in [2.45, 2.75) is 25.7 Å². The molecule has 142 valence electrons. The number of aromatic nitrogens is 1. The summed E-state index contributed by atoms with van der Waals surface area (Å²) in [5, 5.41) is 2.63. The minimum atomic E-state index is -0.628. The fourth-order valence-electron chi connectivity index (χ4n) is 2.99. The minimum absolute atomic E-state index is 0.0700. The van der Waals surface area contributed by atoms with E-state index in [9.17, 15) is 14.0 Å². The number of hydrogen-bond donors (Lipinski definition) is 1. The number of nitrogens with zero attached hydrogens (tertiary/aromatic N) is 1. The summed E-state index contributed by atoms with van der Waals surface area (Å²) in [5.41, 5.74) is 1.67. The van der Waals surface area contributed by atoms with E-state index in [0.29, 0.717) is 12.0 Å². The predicted molar refractivity (Wildman–Crippen MR) is 107 cm³/mol. The maximum absolute atomic E-state index is 14.3. The standard InChI is InChI=1S/C23H21FN2O2/c24-19-12-6-13-20(26-23(28)18-11-7-15-25-16-18)22(19)21(27)14-5-4-10-17-8-2-1-3-9-17/h1-3,6-9,11-13,15-16H,4-5,10,14H2,(H,26,28). The molecule has 0 atom stereocenters. The molecule has 0 aliphatic rings. The first-order valence-corrected chi connectivity index (χ1v) is 9.22. The summed E-state index contributed by atoms with van der Waals surface area (Å²) in [6.07, 6.45) is 5.56. The molecule has 3 aromatic rings. The SMILES string of the molecule is O=C(Nc1cccc(F)c1C(=O)CCCCc1ccccc1)c1cccnc1. The minimum Gasteiger partial charge on any atom is -0.321 e. The number of Topliss-reactive ketones (excluding diaryl/α,β-unsaturated/α-hetero) is 1. The first kappa shape index (κ1) is 19.4. The van der Waals surface area contributed by atoms with E-state index in [1.165, 1.54) is 30.0 Å². The van der Waals surface area contributed by atoms with E-state index in [4.69, 9.17) is 0 Å². The molecule has 0 unspecified atom stereocenters. The molecule has 1 N–H and O–H groups in total. The van der Waals surface area contributed by atoms with Crippen LogP contribution in [0.4, 0.5) is 10.1 Å². The second-order valence-electron chi connectivity index (χ2n) is 6.47. The Bertz CT molecular complexity index is 943. The van der Waals surface area contributed by atoms with Crippen molar-refractivity contribution in [1.29, 1.82) is 0 Å². The van der Waals surface area contributed by atoms with Crippen LogP contribution in [-0.2, 0) is 6.42 Å². The van der Waals surface area contributed by atoms with E-state index in [1.807, 2.05) is 30.3 Å². The van der Waals surface area contributed by atoms with Crippen LogP contribution in [0.3, 0.4) is 0 Å². The lowest BCUT2D eigenvalue weighted by Crippen LogP contribution is -2.16. The first-order chi connectivity index (χ1) is 13.6. The van der Waals surface area contributed by atoms with Crippen LogP contribution in [0.15, 0.2) is 73.1 Å². The maximum Gasteiger partial charge on any atom is 0.257 e. The van der Waals surface area contributed by atoms with E-state index in [2.05, 4.69) is 10.3 Å². The summed E-state index contributed by atoms with van der Waals surface area (Å²) in [6.45, 7) is 0. The topological polar surface area (TPSA) is 59.1 Å². The fraction of sp³-hybridized carbons (Fsp3) is 0.174. The van der Waals surface area contributed by atoms with E-state index >= 15 is 0 Å². The molecule has 0 aliphatic carbocycles. The van der Waals surface area contributed by atoms with Crippen LogP contribution in [-0.4, -0.2) is 16.7 Å². The summed E-state index contributed by atoms with van der Waals surface area (Å²) < 4.78 is 14.3. The zero-order valence-corrected chi connectivity index (χ0v) is 15.4. The molecule has 1 amide bonds. The van der Waals surface area contributed by atoms with Gasteiger partial charge in [-0.2, -0.15) is 0 Å². The van der Waals surface area contributed by atoms with Crippen LogP contribution in [0.25, 0.3) is 0 Å². The van der Waals surface area contributed by atoms with Crippen molar-refractivity contribution < 1.29 is 14.0 Å². The van der Waals surface area contributed by atoms with Crippen LogP contribution in [0.2, 0.25) is 0 Å². The zero-order chi connectivity index (χ0) is 19.8. The smallest absolute Gasteiger partial charge is 0.257 e. The Morgan fingerprint density at radius 1 is 0.929 bits per heavy atom. The van der Waals surface area contributed by atoms with Crippen LogP contribution in [0.5, 0.6) is 0 Å². The number of carbonyl (C=O) groups excluding carboxylic acids is 2. The summed E-state index contributed by atoms with van der Waals surface area (Å²) in [4.78, 5) is 28.8. The molecule has 28 heavy (non-hydrogen) atoms. The molecule has 0 spiro atoms. The molecule has 0 bridgehead atoms. The zero-order valence-electron chi connectivity index (χ0n) is 15.4. The van der Waals surface area contributed by atoms with Gasteiger partial charge in [0.1, 0.15) is 5.82 Å². The monoisotopic (exact) mass is 376 g/mol. The number of unbranched alkanes of at least 4 members (excludes halogenated alkanes) is 1. The van der Waals surface area contributed by atoms with Crippen molar-refractivity contribution in [1.82, 2.24) is 4.98 Å². The molecule has 0 radical (unpaired) electrons. The van der Waals surface area contributed by atoms with Gasteiger partial charge in [0, 0.05) is 18.8 Å². The number of hydrogen-bond acceptors (Lipinski definition) is 3. The Kier molecular flexibility index (Phi) is 6.63. The van der Waals surface area contributed by atoms with Crippen molar-refractivity contribution in [3.8, 4) is 0 Å². The van der Waals surface area contributed by atoms with E-state index < -0.39 is 11.7 Å². The Balaban J connectivity index is 1.64. The third-order valence-corrected chi connectivity index (χ3v) is 4.43. The Morgan fingerprint density at radius 2 is 1.75 bits per heavy atom. The number of ketones is 1. The van der Waals surface area contributed by atoms with Crippen molar-refractivity contribution in [3.05, 3.63) is 95.6 Å². The molecular weight excluding hydrogens is 355 g/mol. The number of nitrogens with one attached hydrogen (secondary N) is 1. The summed E-state index contributed by atoms with van der Waals surface area (Å²) in [7, 11) is 0. The Morgan fingerprint density at radius 3 is 2.50 bits per heavy atom. The van der Waals surface area contributed by atoms with Crippen molar-refractivity contribution in [2.24, 2.45) is 0 Å². The van der Waals surface area contributed by atoms with E-state index in [-0.39, 0.29) is 23.5 Å². The highest BCUT2D eigenvalue weighted by Crippen LogP contribution is 2.22. The van der Waals surface area contributed by atoms with Gasteiger partial charge in [0.2, 0.25) is 0 Å². The third-order valence-electron chi connectivity index (χ3n) is 4.43. The lowest BCUT2D eigenvalue weighted by atomic mass is 10.0. The fourth-order valence-corrected chi connectivity index (χ4v) is 2.99. The molecule has 5 heteroatoms. The number of carbonyl (C=O) groups is 2.